The zero-order valence-electron chi connectivity index (χ0n) is 10.2. The van der Waals surface area contributed by atoms with Crippen molar-refractivity contribution in [2.45, 2.75) is 31.6 Å². The second-order valence-electron chi connectivity index (χ2n) is 4.72. The van der Waals surface area contributed by atoms with E-state index >= 15 is 0 Å². The van der Waals surface area contributed by atoms with Crippen LogP contribution >= 0.6 is 0 Å². The Labute approximate surface area is 105 Å². The lowest BCUT2D eigenvalue weighted by molar-refractivity contribution is 0.174. The molecule has 0 amide bonds. The summed E-state index contributed by atoms with van der Waals surface area (Å²) < 4.78 is 10.6. The molecule has 0 saturated carbocycles. The van der Waals surface area contributed by atoms with Crippen LogP contribution in [-0.2, 0) is 6.42 Å². The van der Waals surface area contributed by atoms with Gasteiger partial charge in [0.05, 0.1) is 15.7 Å². The normalized spacial score (nSPS) is 15.9. The molecule has 1 atom stereocenters. The Morgan fingerprint density at radius 1 is 1.35 bits per heavy atom. The van der Waals surface area contributed by atoms with Crippen molar-refractivity contribution in [1.82, 2.24) is 5.32 Å². The first-order valence-electron chi connectivity index (χ1n) is 5.68. The van der Waals surface area contributed by atoms with E-state index in [9.17, 15) is 0 Å². The quantitative estimate of drug-likeness (QED) is 0.776. The molecule has 3 nitrogen and oxygen atoms in total. The van der Waals surface area contributed by atoms with Gasteiger partial charge in [0.2, 0.25) is 6.79 Å². The van der Waals surface area contributed by atoms with Crippen molar-refractivity contribution in [3.05, 3.63) is 23.8 Å². The van der Waals surface area contributed by atoms with Gasteiger partial charge in [0.15, 0.2) is 11.5 Å². The van der Waals surface area contributed by atoms with Crippen molar-refractivity contribution >= 4 is 15.7 Å². The topological polar surface area (TPSA) is 30.5 Å². The molecule has 1 heterocycles. The first-order valence-corrected chi connectivity index (χ1v) is 5.68. The van der Waals surface area contributed by atoms with Gasteiger partial charge in [-0.2, -0.15) is 0 Å². The fraction of sp³-hybridized carbons (Fsp3) is 0.500. The Bertz CT molecular complexity index is 404. The van der Waals surface area contributed by atoms with E-state index in [0.29, 0.717) is 6.79 Å². The average Bonchev–Trinajstić information content (AvgIpc) is 2.61. The van der Waals surface area contributed by atoms with Crippen LogP contribution in [0.4, 0.5) is 0 Å². The molecule has 0 fully saturated rings. The lowest BCUT2D eigenvalue weighted by Gasteiger charge is -2.27. The van der Waals surface area contributed by atoms with Crippen molar-refractivity contribution < 1.29 is 9.47 Å². The van der Waals surface area contributed by atoms with E-state index in [1.807, 2.05) is 25.1 Å². The maximum Gasteiger partial charge on any atom is 0.231 e. The standard InChI is InChI=1S/C12H15B2NO2/c1-8(15-12(2,13)14)5-9-3-4-10-11(6-9)17-7-16-10/h3-4,6,8,15H,5,7H2,1-2H3/t8-/m1/s1. The van der Waals surface area contributed by atoms with Crippen LogP contribution in [0.3, 0.4) is 0 Å². The van der Waals surface area contributed by atoms with Crippen molar-refractivity contribution in [1.29, 1.82) is 0 Å². The number of fused-ring (bicyclic) bond motifs is 1. The van der Waals surface area contributed by atoms with Gasteiger partial charge in [-0.25, -0.2) is 0 Å². The molecule has 0 spiro atoms. The summed E-state index contributed by atoms with van der Waals surface area (Å²) in [5.74, 6) is 1.61. The van der Waals surface area contributed by atoms with Crippen LogP contribution in [0.15, 0.2) is 18.2 Å². The molecule has 86 valence electrons. The molecule has 4 radical (unpaired) electrons. The van der Waals surface area contributed by atoms with E-state index in [1.54, 1.807) is 6.92 Å². The molecule has 17 heavy (non-hydrogen) atoms. The third-order valence-corrected chi connectivity index (χ3v) is 2.54. The average molecular weight is 227 g/mol. The molecule has 1 aliphatic rings. The summed E-state index contributed by atoms with van der Waals surface area (Å²) in [5.41, 5.74) is 1.17. The van der Waals surface area contributed by atoms with E-state index in [0.717, 1.165) is 17.9 Å². The van der Waals surface area contributed by atoms with Crippen LogP contribution in [-0.4, -0.2) is 33.9 Å². The summed E-state index contributed by atoms with van der Waals surface area (Å²) in [6.45, 7) is 4.09. The zero-order valence-corrected chi connectivity index (χ0v) is 10.2. The van der Waals surface area contributed by atoms with Gasteiger partial charge in [-0.1, -0.05) is 18.3 Å². The van der Waals surface area contributed by atoms with E-state index in [2.05, 4.69) is 5.32 Å². The van der Waals surface area contributed by atoms with Crippen LogP contribution in [0.25, 0.3) is 0 Å². The SMILES string of the molecule is [B]C([B])(C)N[C@H](C)Cc1ccc2c(c1)OCO2. The lowest BCUT2D eigenvalue weighted by Crippen LogP contribution is -2.48. The number of ether oxygens (including phenoxy) is 2. The maximum absolute atomic E-state index is 5.70. The third kappa shape index (κ3) is 3.43. The molecule has 0 aromatic heterocycles. The van der Waals surface area contributed by atoms with Gasteiger partial charge in [0, 0.05) is 6.04 Å². The monoisotopic (exact) mass is 227 g/mol. The maximum atomic E-state index is 5.70. The molecule has 0 aliphatic carbocycles. The minimum atomic E-state index is -0.851. The molecule has 0 unspecified atom stereocenters. The van der Waals surface area contributed by atoms with Gasteiger partial charge < -0.3 is 14.8 Å². The first kappa shape index (κ1) is 12.4. The van der Waals surface area contributed by atoms with Gasteiger partial charge in [0.1, 0.15) is 0 Å². The van der Waals surface area contributed by atoms with E-state index < -0.39 is 5.34 Å². The van der Waals surface area contributed by atoms with Gasteiger partial charge in [-0.3, -0.25) is 0 Å². The summed E-state index contributed by atoms with van der Waals surface area (Å²) in [6, 6.07) is 6.13. The molecule has 1 N–H and O–H groups in total. The van der Waals surface area contributed by atoms with E-state index in [-0.39, 0.29) is 6.04 Å². The lowest BCUT2D eigenvalue weighted by atomic mass is 9.63. The molecule has 2 rings (SSSR count). The van der Waals surface area contributed by atoms with Crippen molar-refractivity contribution in [3.63, 3.8) is 0 Å². The van der Waals surface area contributed by atoms with E-state index in [4.69, 9.17) is 25.2 Å². The summed E-state index contributed by atoms with van der Waals surface area (Å²) in [4.78, 5) is 0. The predicted molar refractivity (Wildman–Crippen MR) is 68.8 cm³/mol. The molecule has 1 aromatic carbocycles. The number of hydrogen-bond donors (Lipinski definition) is 1. The number of benzene rings is 1. The molecular formula is C12H15B2NO2. The number of nitrogens with one attached hydrogen (secondary N) is 1. The zero-order chi connectivity index (χ0) is 12.5. The first-order chi connectivity index (χ1) is 7.94. The van der Waals surface area contributed by atoms with Crippen LogP contribution < -0.4 is 14.8 Å². The molecule has 0 saturated heterocycles. The largest absolute Gasteiger partial charge is 0.454 e. The van der Waals surface area contributed by atoms with Crippen LogP contribution in [0.1, 0.15) is 19.4 Å². The van der Waals surface area contributed by atoms with Crippen molar-refractivity contribution in [2.24, 2.45) is 0 Å². The summed E-state index contributed by atoms with van der Waals surface area (Å²) in [7, 11) is 11.4. The Kier molecular flexibility index (Phi) is 3.38. The van der Waals surface area contributed by atoms with Crippen molar-refractivity contribution in [3.8, 4) is 11.5 Å². The molecule has 0 bridgehead atoms. The second-order valence-corrected chi connectivity index (χ2v) is 4.72. The predicted octanol–water partition coefficient (Wildman–Crippen LogP) is 0.947. The van der Waals surface area contributed by atoms with Gasteiger partial charge in [0.25, 0.3) is 0 Å². The Hall–Kier alpha value is -1.09. The fourth-order valence-corrected chi connectivity index (χ4v) is 2.00. The van der Waals surface area contributed by atoms with Gasteiger partial charge >= 0.3 is 0 Å². The summed E-state index contributed by atoms with van der Waals surface area (Å²) in [5, 5.41) is 2.27. The van der Waals surface area contributed by atoms with Gasteiger partial charge in [-0.15, -0.1) is 0 Å². The summed E-state index contributed by atoms with van der Waals surface area (Å²) >= 11 is 0. The Balaban J connectivity index is 1.99. The fourth-order valence-electron chi connectivity index (χ4n) is 2.00. The molecule has 1 aromatic rings. The Morgan fingerprint density at radius 2 is 2.06 bits per heavy atom. The smallest absolute Gasteiger partial charge is 0.231 e. The van der Waals surface area contributed by atoms with Gasteiger partial charge in [-0.05, 0) is 31.0 Å². The highest BCUT2D eigenvalue weighted by Crippen LogP contribution is 2.32. The second kappa shape index (κ2) is 4.65. The molecule has 1 aliphatic heterocycles. The minimum absolute atomic E-state index is 0.190. The van der Waals surface area contributed by atoms with E-state index in [1.165, 1.54) is 5.56 Å². The minimum Gasteiger partial charge on any atom is -0.454 e. The highest BCUT2D eigenvalue weighted by atomic mass is 16.7. The number of hydrogen-bond acceptors (Lipinski definition) is 3. The summed E-state index contributed by atoms with van der Waals surface area (Å²) in [6.07, 6.45) is 0.834. The highest BCUT2D eigenvalue weighted by Gasteiger charge is 2.16. The number of rotatable bonds is 4. The Morgan fingerprint density at radius 3 is 2.76 bits per heavy atom. The van der Waals surface area contributed by atoms with Crippen LogP contribution in [0, 0.1) is 0 Å². The van der Waals surface area contributed by atoms with Crippen LogP contribution in [0.5, 0.6) is 11.5 Å². The van der Waals surface area contributed by atoms with Crippen molar-refractivity contribution in [2.75, 3.05) is 6.79 Å². The van der Waals surface area contributed by atoms with Crippen LogP contribution in [0.2, 0.25) is 0 Å². The molecule has 5 heteroatoms. The highest BCUT2D eigenvalue weighted by molar-refractivity contribution is 6.39. The molecular weight excluding hydrogens is 212 g/mol. The third-order valence-electron chi connectivity index (χ3n) is 2.54.